The van der Waals surface area contributed by atoms with Gasteiger partial charge in [-0.3, -0.25) is 0 Å². The molecule has 6 heteroatoms. The van der Waals surface area contributed by atoms with Gasteiger partial charge in [-0.25, -0.2) is 4.98 Å². The monoisotopic (exact) mass is 1140 g/mol. The third-order valence-corrected chi connectivity index (χ3v) is 14.8. The van der Waals surface area contributed by atoms with Crippen molar-refractivity contribution in [3.05, 3.63) is 229 Å². The van der Waals surface area contributed by atoms with E-state index in [0.29, 0.717) is 11.5 Å². The number of rotatable bonds is 9. The molecule has 10 rings (SSSR count). The minimum absolute atomic E-state index is 0. The first-order chi connectivity index (χ1) is 33.6. The smallest absolute Gasteiger partial charge is 0.509 e. The summed E-state index contributed by atoms with van der Waals surface area (Å²) in [7, 11) is 0. The Kier molecular flexibility index (Phi) is 14.1. The summed E-state index contributed by atoms with van der Waals surface area (Å²) in [6.45, 7) is 32.1. The zero-order chi connectivity index (χ0) is 50.3. The first kappa shape index (κ1) is 52.9. The number of ether oxygens (including phenoxy) is 1. The van der Waals surface area contributed by atoms with Crippen molar-refractivity contribution in [1.29, 1.82) is 0 Å². The summed E-state index contributed by atoms with van der Waals surface area (Å²) in [6.07, 6.45) is 1.91. The van der Waals surface area contributed by atoms with Crippen molar-refractivity contribution < 1.29 is 25.8 Å². The zero-order valence-corrected chi connectivity index (χ0v) is 47.5. The van der Waals surface area contributed by atoms with E-state index in [-0.39, 0.29) is 55.6 Å². The van der Waals surface area contributed by atoms with Crippen molar-refractivity contribution in [2.24, 2.45) is 0 Å². The van der Waals surface area contributed by atoms with Gasteiger partial charge >= 0.3 is 21.1 Å². The molecule has 0 fully saturated rings. The van der Waals surface area contributed by atoms with E-state index in [1.807, 2.05) is 12.3 Å². The topological polar surface area (TPSA) is 33.5 Å². The molecule has 0 saturated heterocycles. The summed E-state index contributed by atoms with van der Waals surface area (Å²) >= 11 is 0. The van der Waals surface area contributed by atoms with Crippen LogP contribution in [0.15, 0.2) is 164 Å². The standard InChI is InChI=1S/C66H67N4O.CH3.Pt/c1-62(2,3)46-27-22-28-49(35-46)68-43-69(60-42-56(66(12,13)45-25-18-15-19-26-45)55(41-59(60)68)65(10,11)44-23-16-14-17-24-44)50-36-48(64(7,8)9)37-52(39-50)71-51-31-32-54-53-29-20-21-30-57(53)70(58(54)40-51)61-38-47(33-34-67-61)63(4,5)6;;/h14-38,41-43H,1-13H3;1H3;/q-3;-1;+4. The summed E-state index contributed by atoms with van der Waals surface area (Å²) in [4.78, 5) is 9.62. The number of nitrogens with zero attached hydrogens (tertiary/aromatic N) is 4. The second-order valence-corrected chi connectivity index (χ2v) is 23.6. The molecule has 3 heterocycles. The van der Waals surface area contributed by atoms with Crippen molar-refractivity contribution in [3.8, 4) is 17.3 Å². The van der Waals surface area contributed by atoms with Gasteiger partial charge < -0.3 is 26.5 Å². The number of pyridine rings is 1. The Balaban J connectivity index is 0.00000356. The van der Waals surface area contributed by atoms with E-state index in [4.69, 9.17) is 9.72 Å². The van der Waals surface area contributed by atoms with E-state index in [0.717, 1.165) is 55.9 Å². The summed E-state index contributed by atoms with van der Waals surface area (Å²) in [5.41, 5.74) is 13.9. The first-order valence-electron chi connectivity index (χ1n) is 25.1. The van der Waals surface area contributed by atoms with Crippen LogP contribution in [0.4, 0.5) is 22.7 Å². The van der Waals surface area contributed by atoms with Gasteiger partial charge in [0, 0.05) is 51.1 Å². The molecule has 0 amide bonds. The molecule has 1 aliphatic heterocycles. The van der Waals surface area contributed by atoms with Gasteiger partial charge in [-0.2, -0.15) is 6.07 Å². The molecular formula is C67H70N4OPt. The summed E-state index contributed by atoms with van der Waals surface area (Å²) < 4.78 is 9.21. The van der Waals surface area contributed by atoms with E-state index in [1.165, 1.54) is 33.4 Å². The largest absolute Gasteiger partial charge is 4.00 e. The predicted octanol–water partition coefficient (Wildman–Crippen LogP) is 18.0. The van der Waals surface area contributed by atoms with Crippen LogP contribution in [0.5, 0.6) is 11.5 Å². The third-order valence-electron chi connectivity index (χ3n) is 14.8. The zero-order valence-electron chi connectivity index (χ0n) is 45.2. The molecule has 1 aliphatic rings. The molecule has 0 N–H and O–H groups in total. The van der Waals surface area contributed by atoms with Crippen molar-refractivity contribution in [3.63, 3.8) is 0 Å². The van der Waals surface area contributed by atoms with Crippen LogP contribution in [0.3, 0.4) is 0 Å². The van der Waals surface area contributed by atoms with Crippen LogP contribution in [-0.2, 0) is 48.1 Å². The maximum absolute atomic E-state index is 6.99. The number of fused-ring (bicyclic) bond motifs is 4. The minimum Gasteiger partial charge on any atom is -0.509 e. The number of para-hydroxylation sites is 1. The molecule has 7 aromatic carbocycles. The first-order valence-corrected chi connectivity index (χ1v) is 25.1. The van der Waals surface area contributed by atoms with Gasteiger partial charge in [0.05, 0.1) is 0 Å². The summed E-state index contributed by atoms with van der Waals surface area (Å²) in [5, 5.41) is 2.23. The van der Waals surface area contributed by atoms with Gasteiger partial charge in [0.2, 0.25) is 0 Å². The molecule has 0 atom stereocenters. The average Bonchev–Trinajstić information content (AvgIpc) is 3.89. The van der Waals surface area contributed by atoms with Crippen LogP contribution in [0.1, 0.15) is 129 Å². The Morgan fingerprint density at radius 2 is 1.01 bits per heavy atom. The van der Waals surface area contributed by atoms with Crippen LogP contribution < -0.4 is 14.5 Å². The SMILES string of the molecule is CC(C)(C)c1cc(Oc2[c-]c3c(cc2)c2ccccc2n3-c2cc(C(C)(C)C)ccn2)[c-]c(N2[CH-]N(c3cccc(C(C)(C)C)c3)c3cc(C(C)(C)c4ccccc4)c(C(C)(C)c4ccccc4)cc32)c1.[CH3-].[Pt+4]. The Morgan fingerprint density at radius 3 is 1.62 bits per heavy atom. The molecule has 0 bridgehead atoms. The molecule has 9 aromatic rings. The Morgan fingerprint density at radius 1 is 0.466 bits per heavy atom. The van der Waals surface area contributed by atoms with Gasteiger partial charge in [0.25, 0.3) is 0 Å². The van der Waals surface area contributed by atoms with Crippen LogP contribution in [-0.4, -0.2) is 9.55 Å². The molecule has 0 unspecified atom stereocenters. The fourth-order valence-electron chi connectivity index (χ4n) is 10.2. The van der Waals surface area contributed by atoms with Gasteiger partial charge in [-0.05, 0) is 97.5 Å². The second kappa shape index (κ2) is 19.5. The van der Waals surface area contributed by atoms with Crippen LogP contribution >= 0.6 is 0 Å². The number of aromatic nitrogens is 2. The van der Waals surface area contributed by atoms with Crippen LogP contribution in [0.25, 0.3) is 27.6 Å². The number of benzene rings is 7. The molecule has 0 radical (unpaired) electrons. The summed E-state index contributed by atoms with van der Waals surface area (Å²) in [6, 6.07) is 64.8. The van der Waals surface area contributed by atoms with Gasteiger partial charge in [-0.1, -0.05) is 187 Å². The van der Waals surface area contributed by atoms with Crippen molar-refractivity contribution >= 4 is 44.6 Å². The summed E-state index contributed by atoms with van der Waals surface area (Å²) in [5.74, 6) is 2.08. The molecule has 0 aliphatic carbocycles. The van der Waals surface area contributed by atoms with Crippen molar-refractivity contribution in [1.82, 2.24) is 9.55 Å². The quantitative estimate of drug-likeness (QED) is 0.135. The Labute approximate surface area is 450 Å². The average molecular weight is 1140 g/mol. The van der Waals surface area contributed by atoms with Crippen molar-refractivity contribution in [2.75, 3.05) is 9.80 Å². The minimum atomic E-state index is -0.352. The van der Waals surface area contributed by atoms with Crippen molar-refractivity contribution in [2.45, 2.75) is 117 Å². The van der Waals surface area contributed by atoms with E-state index < -0.39 is 0 Å². The number of anilines is 4. The molecule has 2 aromatic heterocycles. The fraction of sp³-hybridized carbons (Fsp3) is 0.269. The van der Waals surface area contributed by atoms with E-state index >= 15 is 0 Å². The van der Waals surface area contributed by atoms with Gasteiger partial charge in [0.15, 0.2) is 0 Å². The molecule has 0 spiro atoms. The molecular weight excluding hydrogens is 1070 g/mol. The van der Waals surface area contributed by atoms with Crippen LogP contribution in [0.2, 0.25) is 0 Å². The molecule has 374 valence electrons. The van der Waals surface area contributed by atoms with E-state index in [1.54, 1.807) is 0 Å². The van der Waals surface area contributed by atoms with E-state index in [9.17, 15) is 0 Å². The van der Waals surface area contributed by atoms with Gasteiger partial charge in [-0.15, -0.1) is 53.6 Å². The second-order valence-electron chi connectivity index (χ2n) is 23.6. The van der Waals surface area contributed by atoms with E-state index in [2.05, 4.69) is 275 Å². The predicted molar refractivity (Wildman–Crippen MR) is 304 cm³/mol. The maximum atomic E-state index is 6.99. The Bertz CT molecular complexity index is 3440. The third kappa shape index (κ3) is 9.91. The van der Waals surface area contributed by atoms with Crippen LogP contribution in [0, 0.1) is 26.2 Å². The Hall–Kier alpha value is -6.42. The molecule has 0 saturated carbocycles. The number of hydrogen-bond donors (Lipinski definition) is 0. The maximum Gasteiger partial charge on any atom is 4.00 e. The molecule has 5 nitrogen and oxygen atoms in total. The molecule has 73 heavy (non-hydrogen) atoms. The van der Waals surface area contributed by atoms with Gasteiger partial charge in [0.1, 0.15) is 5.82 Å². The normalized spacial score (nSPS) is 13.2. The fourth-order valence-corrected chi connectivity index (χ4v) is 10.2. The number of hydrogen-bond acceptors (Lipinski definition) is 4.